The van der Waals surface area contributed by atoms with E-state index in [1.807, 2.05) is 0 Å². The minimum Gasteiger partial charge on any atom is -0.558 e. The molecule has 1 atom stereocenters. The van der Waals surface area contributed by atoms with Gasteiger partial charge in [-0.15, -0.1) is 0 Å². The van der Waals surface area contributed by atoms with Crippen molar-refractivity contribution in [3.8, 4) is 0 Å². The van der Waals surface area contributed by atoms with Crippen molar-refractivity contribution in [2.75, 3.05) is 0 Å². The molecule has 0 saturated carbocycles. The van der Waals surface area contributed by atoms with Gasteiger partial charge in [-0.05, 0) is 4.57 Å². The molecule has 0 aliphatic carbocycles. The van der Waals surface area contributed by atoms with Crippen LogP contribution in [0.15, 0.2) is 0 Å². The lowest BCUT2D eigenvalue weighted by molar-refractivity contribution is -0.190. The van der Waals surface area contributed by atoms with Crippen LogP contribution in [-0.4, -0.2) is 17.0 Å². The van der Waals surface area contributed by atoms with E-state index in [1.54, 1.807) is 0 Å². The second kappa shape index (κ2) is 3.11. The number of carboxylic acid groups (broad SMARTS) is 1. The Labute approximate surface area is 50.0 Å². The van der Waals surface area contributed by atoms with Crippen LogP contribution in [0.25, 0.3) is 0 Å². The fourth-order valence-corrected chi connectivity index (χ4v) is 0.320. The summed E-state index contributed by atoms with van der Waals surface area (Å²) < 4.78 is 12.7. The number of carboxylic acids is 1. The van der Waals surface area contributed by atoms with E-state index < -0.39 is 20.2 Å². The average Bonchev–Trinajstić information content (AvgIpc) is 1.63. The SMILES string of the molecule is O=C(O)C(=O)O[P+](=O)[O-]. The van der Waals surface area contributed by atoms with E-state index in [9.17, 15) is 19.0 Å². The Morgan fingerprint density at radius 2 is 2.00 bits per heavy atom. The summed E-state index contributed by atoms with van der Waals surface area (Å²) in [6.45, 7) is 0. The normalized spacial score (nSPS) is 10.1. The van der Waals surface area contributed by atoms with Gasteiger partial charge in [-0.1, -0.05) is 0 Å². The predicted molar refractivity (Wildman–Crippen MR) is 21.3 cm³/mol. The van der Waals surface area contributed by atoms with Crippen LogP contribution in [0.2, 0.25) is 0 Å². The van der Waals surface area contributed by atoms with Gasteiger partial charge in [0.05, 0.1) is 0 Å². The number of rotatable bonds is 1. The Kier molecular flexibility index (Phi) is 2.77. The number of hydrogen-bond donors (Lipinski definition) is 1. The molecule has 0 heterocycles. The molecule has 0 radical (unpaired) electrons. The minimum absolute atomic E-state index is 1.80. The highest BCUT2D eigenvalue weighted by Crippen LogP contribution is 2.07. The maximum Gasteiger partial charge on any atom is 0.543 e. The van der Waals surface area contributed by atoms with Crippen LogP contribution in [0.3, 0.4) is 0 Å². The molecular weight excluding hydrogens is 151 g/mol. The van der Waals surface area contributed by atoms with Crippen LogP contribution in [0, 0.1) is 0 Å². The topological polar surface area (TPSA) is 104 Å². The second-order valence-corrected chi connectivity index (χ2v) is 1.54. The van der Waals surface area contributed by atoms with Crippen LogP contribution in [0.4, 0.5) is 0 Å². The summed E-state index contributed by atoms with van der Waals surface area (Å²) in [6, 6.07) is 0. The van der Waals surface area contributed by atoms with Crippen molar-refractivity contribution < 1.29 is 28.7 Å². The molecule has 50 valence electrons. The van der Waals surface area contributed by atoms with Crippen LogP contribution in [-0.2, 0) is 18.7 Å². The Morgan fingerprint density at radius 3 is 2.11 bits per heavy atom. The zero-order valence-electron chi connectivity index (χ0n) is 3.94. The third-order valence-corrected chi connectivity index (χ3v) is 0.647. The number of aliphatic carboxylic acids is 1. The summed E-state index contributed by atoms with van der Waals surface area (Å²) in [5.41, 5.74) is 0. The fraction of sp³-hybridized carbons (Fsp3) is 0. The molecule has 0 aromatic rings. The van der Waals surface area contributed by atoms with Gasteiger partial charge in [-0.25, -0.2) is 14.1 Å². The molecule has 0 aromatic heterocycles. The van der Waals surface area contributed by atoms with E-state index in [2.05, 4.69) is 4.52 Å². The monoisotopic (exact) mass is 152 g/mol. The highest BCUT2D eigenvalue weighted by molar-refractivity contribution is 7.31. The van der Waals surface area contributed by atoms with Crippen LogP contribution in [0.1, 0.15) is 0 Å². The lowest BCUT2D eigenvalue weighted by atomic mass is 10.7. The molecule has 9 heavy (non-hydrogen) atoms. The molecule has 0 aliphatic rings. The molecule has 0 fully saturated rings. The van der Waals surface area contributed by atoms with Crippen molar-refractivity contribution in [3.63, 3.8) is 0 Å². The van der Waals surface area contributed by atoms with E-state index in [-0.39, 0.29) is 0 Å². The summed E-state index contributed by atoms with van der Waals surface area (Å²) >= 11 is 0. The van der Waals surface area contributed by atoms with E-state index in [4.69, 9.17) is 5.11 Å². The van der Waals surface area contributed by atoms with Gasteiger partial charge in [-0.2, -0.15) is 0 Å². The Hall–Kier alpha value is -1.00. The van der Waals surface area contributed by atoms with E-state index in [0.717, 1.165) is 0 Å². The molecule has 0 aliphatic heterocycles. The number of carbonyl (C=O) groups is 2. The van der Waals surface area contributed by atoms with Crippen molar-refractivity contribution in [1.29, 1.82) is 0 Å². The van der Waals surface area contributed by atoms with Crippen LogP contribution < -0.4 is 4.89 Å². The highest BCUT2D eigenvalue weighted by atomic mass is 31.1. The van der Waals surface area contributed by atoms with Crippen LogP contribution in [0.5, 0.6) is 0 Å². The van der Waals surface area contributed by atoms with Crippen molar-refractivity contribution in [1.82, 2.24) is 0 Å². The zero-order valence-corrected chi connectivity index (χ0v) is 4.83. The van der Waals surface area contributed by atoms with Gasteiger partial charge in [-0.3, -0.25) is 0 Å². The van der Waals surface area contributed by atoms with E-state index >= 15 is 0 Å². The number of hydrogen-bond acceptors (Lipinski definition) is 5. The highest BCUT2D eigenvalue weighted by Gasteiger charge is 2.20. The lowest BCUT2D eigenvalue weighted by Gasteiger charge is -1.83. The Balaban J connectivity index is 3.79. The van der Waals surface area contributed by atoms with Gasteiger partial charge in [0.1, 0.15) is 0 Å². The third-order valence-electron chi connectivity index (χ3n) is 0.332. The first-order chi connectivity index (χ1) is 4.04. The molecule has 0 spiro atoms. The van der Waals surface area contributed by atoms with Gasteiger partial charge in [0.25, 0.3) is 0 Å². The van der Waals surface area contributed by atoms with Gasteiger partial charge in [0.2, 0.25) is 0 Å². The summed E-state index contributed by atoms with van der Waals surface area (Å²) in [7, 11) is -3.40. The first-order valence-electron chi connectivity index (χ1n) is 1.63. The van der Waals surface area contributed by atoms with Crippen LogP contribution >= 0.6 is 8.25 Å². The van der Waals surface area contributed by atoms with Gasteiger partial charge >= 0.3 is 20.2 Å². The summed E-state index contributed by atoms with van der Waals surface area (Å²) in [6.07, 6.45) is 0. The maximum absolute atomic E-state index is 9.75. The molecule has 0 aromatic carbocycles. The number of carbonyl (C=O) groups excluding carboxylic acids is 1. The smallest absolute Gasteiger partial charge is 0.543 e. The quantitative estimate of drug-likeness (QED) is 0.367. The minimum atomic E-state index is -3.40. The van der Waals surface area contributed by atoms with Gasteiger partial charge < -0.3 is 10.00 Å². The van der Waals surface area contributed by atoms with E-state index in [0.29, 0.717) is 0 Å². The first kappa shape index (κ1) is 8.00. The Bertz CT molecular complexity index is 160. The third kappa shape index (κ3) is 3.57. The van der Waals surface area contributed by atoms with Crippen molar-refractivity contribution >= 4 is 20.2 Å². The molecule has 7 heteroatoms. The molecule has 1 unspecified atom stereocenters. The van der Waals surface area contributed by atoms with Crippen molar-refractivity contribution in [3.05, 3.63) is 0 Å². The van der Waals surface area contributed by atoms with Gasteiger partial charge in [0.15, 0.2) is 0 Å². The molecule has 1 N–H and O–H groups in total. The van der Waals surface area contributed by atoms with Crippen molar-refractivity contribution in [2.24, 2.45) is 0 Å². The summed E-state index contributed by atoms with van der Waals surface area (Å²) in [5, 5.41) is 7.69. The largest absolute Gasteiger partial charge is 0.558 e. The summed E-state index contributed by atoms with van der Waals surface area (Å²) in [4.78, 5) is 28.7. The lowest BCUT2D eigenvalue weighted by Crippen LogP contribution is -2.14. The maximum atomic E-state index is 9.75. The first-order valence-corrected chi connectivity index (χ1v) is 2.73. The zero-order chi connectivity index (χ0) is 7.44. The standard InChI is InChI=1S/C2HO6P/c3-1(4)2(5)8-9(6)7/h(H,3,4). The molecular formula is C2HO6P. The molecule has 0 bridgehead atoms. The fourth-order valence-electron chi connectivity index (χ4n) is 0.107. The molecule has 0 saturated heterocycles. The molecule has 6 nitrogen and oxygen atoms in total. The second-order valence-electron chi connectivity index (χ2n) is 0.908. The summed E-state index contributed by atoms with van der Waals surface area (Å²) in [5.74, 6) is -3.74. The van der Waals surface area contributed by atoms with Gasteiger partial charge in [0, 0.05) is 0 Å². The average molecular weight is 152 g/mol. The van der Waals surface area contributed by atoms with Crippen molar-refractivity contribution in [2.45, 2.75) is 0 Å². The van der Waals surface area contributed by atoms with E-state index in [1.165, 1.54) is 0 Å². The predicted octanol–water partition coefficient (Wildman–Crippen LogP) is -1.37. The molecule has 0 amide bonds. The molecule has 0 rings (SSSR count). The Morgan fingerprint density at radius 1 is 1.56 bits per heavy atom.